The molecule has 0 aromatic heterocycles. The van der Waals surface area contributed by atoms with Gasteiger partial charge in [0, 0.05) is 11.1 Å². The fraction of sp³-hybridized carbons (Fsp3) is 0.400. The van der Waals surface area contributed by atoms with Gasteiger partial charge in [0.15, 0.2) is 11.5 Å². The van der Waals surface area contributed by atoms with Gasteiger partial charge in [-0.05, 0) is 46.2 Å². The molecule has 0 unspecified atom stereocenters. The number of rotatable bonds is 6. The number of hydrogen-bond acceptors (Lipinski definition) is 5. The maximum atomic E-state index is 12.7. The summed E-state index contributed by atoms with van der Waals surface area (Å²) < 4.78 is 5.03. The van der Waals surface area contributed by atoms with Crippen molar-refractivity contribution in [2.24, 2.45) is 5.10 Å². The number of nitrogens with zero attached hydrogens (tertiary/aromatic N) is 1. The van der Waals surface area contributed by atoms with Crippen LogP contribution in [0.1, 0.15) is 68.6 Å². The van der Waals surface area contributed by atoms with Gasteiger partial charge in [0.2, 0.25) is 0 Å². The highest BCUT2D eigenvalue weighted by molar-refractivity contribution is 5.97. The standard InChI is InChI=1S/C25H33N3O4/c1-24(2,3)18-11-17(12-19(13-18)25(4,5)6)23(31)26-15-21(29)28-27-14-16-9-8-10-20(32-7)22(16)30/h8-14,30H,15H2,1-7H3,(H,26,31)(H,28,29)/b27-14+. The van der Waals surface area contributed by atoms with Crippen molar-refractivity contribution in [2.45, 2.75) is 52.4 Å². The largest absolute Gasteiger partial charge is 0.504 e. The second kappa shape index (κ2) is 9.85. The predicted molar refractivity (Wildman–Crippen MR) is 127 cm³/mol. The molecule has 2 amide bonds. The number of hydrazone groups is 1. The first-order chi connectivity index (χ1) is 14.8. The number of methoxy groups -OCH3 is 1. The second-order valence-electron chi connectivity index (χ2n) is 9.67. The lowest BCUT2D eigenvalue weighted by Crippen LogP contribution is -2.35. The summed E-state index contributed by atoms with van der Waals surface area (Å²) in [6.07, 6.45) is 1.31. The topological polar surface area (TPSA) is 100 Å². The minimum Gasteiger partial charge on any atom is -0.504 e. The number of carbonyl (C=O) groups excluding carboxylic acids is 2. The molecule has 7 heteroatoms. The molecule has 0 aliphatic rings. The molecular weight excluding hydrogens is 406 g/mol. The summed E-state index contributed by atoms with van der Waals surface area (Å²) in [6, 6.07) is 10.8. The smallest absolute Gasteiger partial charge is 0.259 e. The van der Waals surface area contributed by atoms with E-state index < -0.39 is 5.91 Å². The van der Waals surface area contributed by atoms with Gasteiger partial charge in [-0.3, -0.25) is 9.59 Å². The van der Waals surface area contributed by atoms with Gasteiger partial charge in [-0.15, -0.1) is 0 Å². The maximum Gasteiger partial charge on any atom is 0.259 e. The zero-order chi connectivity index (χ0) is 24.1. The monoisotopic (exact) mass is 439 g/mol. The molecule has 3 N–H and O–H groups in total. The number of amides is 2. The van der Waals surface area contributed by atoms with Crippen molar-refractivity contribution in [3.8, 4) is 11.5 Å². The van der Waals surface area contributed by atoms with Gasteiger partial charge in [-0.1, -0.05) is 53.7 Å². The van der Waals surface area contributed by atoms with E-state index >= 15 is 0 Å². The molecule has 0 aliphatic carbocycles. The van der Waals surface area contributed by atoms with Crippen LogP contribution in [0.2, 0.25) is 0 Å². The number of hydrogen-bond donors (Lipinski definition) is 3. The van der Waals surface area contributed by atoms with Crippen molar-refractivity contribution in [1.82, 2.24) is 10.7 Å². The van der Waals surface area contributed by atoms with Gasteiger partial charge in [-0.25, -0.2) is 5.43 Å². The van der Waals surface area contributed by atoms with E-state index in [0.717, 1.165) is 11.1 Å². The second-order valence-corrected chi connectivity index (χ2v) is 9.67. The van der Waals surface area contributed by atoms with Crippen molar-refractivity contribution in [3.05, 3.63) is 58.7 Å². The summed E-state index contributed by atoms with van der Waals surface area (Å²) in [4.78, 5) is 24.8. The third kappa shape index (κ3) is 6.57. The molecule has 2 rings (SSSR count). The summed E-state index contributed by atoms with van der Waals surface area (Å²) in [5, 5.41) is 16.5. The van der Waals surface area contributed by atoms with E-state index in [9.17, 15) is 14.7 Å². The van der Waals surface area contributed by atoms with E-state index in [2.05, 4.69) is 63.5 Å². The van der Waals surface area contributed by atoms with Crippen molar-refractivity contribution >= 4 is 18.0 Å². The van der Waals surface area contributed by atoms with E-state index in [-0.39, 0.29) is 29.0 Å². The SMILES string of the molecule is COc1cccc(/C=N/NC(=O)CNC(=O)c2cc(C(C)(C)C)cc(C(C)(C)C)c2)c1O. The lowest BCUT2D eigenvalue weighted by Gasteiger charge is -2.26. The number of benzene rings is 2. The highest BCUT2D eigenvalue weighted by Crippen LogP contribution is 2.30. The Kier molecular flexibility index (Phi) is 7.67. The summed E-state index contributed by atoms with van der Waals surface area (Å²) in [5.41, 5.74) is 5.12. The van der Waals surface area contributed by atoms with E-state index in [1.807, 2.05) is 12.1 Å². The Hall–Kier alpha value is -3.35. The highest BCUT2D eigenvalue weighted by Gasteiger charge is 2.22. The Morgan fingerprint density at radius 3 is 2.16 bits per heavy atom. The molecule has 2 aromatic rings. The predicted octanol–water partition coefficient (Wildman–Crippen LogP) is 3.88. The lowest BCUT2D eigenvalue weighted by atomic mass is 9.79. The maximum absolute atomic E-state index is 12.7. The molecule has 0 bridgehead atoms. The molecule has 7 nitrogen and oxygen atoms in total. The van der Waals surface area contributed by atoms with Crippen LogP contribution in [-0.4, -0.2) is 36.8 Å². The zero-order valence-corrected chi connectivity index (χ0v) is 19.9. The average Bonchev–Trinajstić information content (AvgIpc) is 2.71. The molecule has 32 heavy (non-hydrogen) atoms. The Balaban J connectivity index is 2.05. The van der Waals surface area contributed by atoms with Gasteiger partial charge in [0.25, 0.3) is 11.8 Å². The van der Waals surface area contributed by atoms with Crippen LogP contribution in [0.5, 0.6) is 11.5 Å². The molecule has 0 heterocycles. The Morgan fingerprint density at radius 2 is 1.62 bits per heavy atom. The number of carbonyl (C=O) groups is 2. The number of ether oxygens (including phenoxy) is 1. The number of aromatic hydroxyl groups is 1. The molecule has 0 fully saturated rings. The van der Waals surface area contributed by atoms with Crippen LogP contribution in [-0.2, 0) is 15.6 Å². The lowest BCUT2D eigenvalue weighted by molar-refractivity contribution is -0.120. The fourth-order valence-electron chi connectivity index (χ4n) is 2.91. The van der Waals surface area contributed by atoms with E-state index in [1.54, 1.807) is 18.2 Å². The minimum absolute atomic E-state index is 0.0744. The first kappa shape index (κ1) is 24.9. The van der Waals surface area contributed by atoms with Crippen molar-refractivity contribution in [3.63, 3.8) is 0 Å². The van der Waals surface area contributed by atoms with Crippen LogP contribution < -0.4 is 15.5 Å². The van der Waals surface area contributed by atoms with Crippen LogP contribution >= 0.6 is 0 Å². The van der Waals surface area contributed by atoms with Gasteiger partial charge in [-0.2, -0.15) is 5.10 Å². The molecule has 0 saturated carbocycles. The number of para-hydroxylation sites is 1. The van der Waals surface area contributed by atoms with Crippen LogP contribution in [0.3, 0.4) is 0 Å². The van der Waals surface area contributed by atoms with Gasteiger partial charge < -0.3 is 15.2 Å². The molecule has 0 saturated heterocycles. The summed E-state index contributed by atoms with van der Waals surface area (Å²) >= 11 is 0. The van der Waals surface area contributed by atoms with Crippen LogP contribution in [0.4, 0.5) is 0 Å². The summed E-state index contributed by atoms with van der Waals surface area (Å²) in [5.74, 6) is -0.583. The van der Waals surface area contributed by atoms with Gasteiger partial charge in [0.1, 0.15) is 0 Å². The average molecular weight is 440 g/mol. The third-order valence-electron chi connectivity index (χ3n) is 4.98. The van der Waals surface area contributed by atoms with Gasteiger partial charge in [0.05, 0.1) is 19.9 Å². The molecule has 0 atom stereocenters. The van der Waals surface area contributed by atoms with E-state index in [1.165, 1.54) is 13.3 Å². The fourth-order valence-corrected chi connectivity index (χ4v) is 2.91. The minimum atomic E-state index is -0.486. The third-order valence-corrected chi connectivity index (χ3v) is 4.98. The number of nitrogens with one attached hydrogen (secondary N) is 2. The molecule has 0 radical (unpaired) electrons. The van der Waals surface area contributed by atoms with Crippen LogP contribution in [0.15, 0.2) is 41.5 Å². The van der Waals surface area contributed by atoms with Crippen molar-refractivity contribution in [1.29, 1.82) is 0 Å². The van der Waals surface area contributed by atoms with Gasteiger partial charge >= 0.3 is 0 Å². The molecule has 0 spiro atoms. The van der Waals surface area contributed by atoms with E-state index in [0.29, 0.717) is 16.9 Å². The molecule has 2 aromatic carbocycles. The Bertz CT molecular complexity index is 983. The van der Waals surface area contributed by atoms with Crippen LogP contribution in [0, 0.1) is 0 Å². The van der Waals surface area contributed by atoms with Crippen molar-refractivity contribution in [2.75, 3.05) is 13.7 Å². The molecule has 0 aliphatic heterocycles. The van der Waals surface area contributed by atoms with Crippen LogP contribution in [0.25, 0.3) is 0 Å². The zero-order valence-electron chi connectivity index (χ0n) is 19.9. The number of phenolic OH excluding ortho intramolecular Hbond substituents is 1. The normalized spacial score (nSPS) is 12.0. The Labute approximate surface area is 189 Å². The quantitative estimate of drug-likeness (QED) is 0.470. The van der Waals surface area contributed by atoms with E-state index in [4.69, 9.17) is 4.74 Å². The molecule has 172 valence electrons. The summed E-state index contributed by atoms with van der Waals surface area (Å²) in [6.45, 7) is 12.4. The molecular formula is C25H33N3O4. The Morgan fingerprint density at radius 1 is 1.03 bits per heavy atom. The number of phenols is 1. The first-order valence-corrected chi connectivity index (χ1v) is 10.4. The first-order valence-electron chi connectivity index (χ1n) is 10.4. The van der Waals surface area contributed by atoms with Crippen molar-refractivity contribution < 1.29 is 19.4 Å². The highest BCUT2D eigenvalue weighted by atomic mass is 16.5. The summed E-state index contributed by atoms with van der Waals surface area (Å²) in [7, 11) is 1.45.